The summed E-state index contributed by atoms with van der Waals surface area (Å²) >= 11 is 0. The zero-order valence-electron chi connectivity index (χ0n) is 12.5. The highest BCUT2D eigenvalue weighted by molar-refractivity contribution is 5.87. The van der Waals surface area contributed by atoms with E-state index in [2.05, 4.69) is 16.8 Å². The summed E-state index contributed by atoms with van der Waals surface area (Å²) in [4.78, 5) is 27.8. The van der Waals surface area contributed by atoms with Crippen LogP contribution in [0.2, 0.25) is 0 Å². The number of carbonyl (C=O) groups is 1. The molecule has 2 atom stereocenters. The third-order valence-corrected chi connectivity index (χ3v) is 4.00. The highest BCUT2D eigenvalue weighted by Crippen LogP contribution is 2.30. The Balaban J connectivity index is 2.26. The zero-order valence-corrected chi connectivity index (χ0v) is 12.5. The van der Waals surface area contributed by atoms with Crippen molar-refractivity contribution in [2.24, 2.45) is 0 Å². The van der Waals surface area contributed by atoms with Gasteiger partial charge in [0.05, 0.1) is 12.1 Å². The number of nitrogens with one attached hydrogen (secondary N) is 1. The van der Waals surface area contributed by atoms with Gasteiger partial charge >= 0.3 is 5.97 Å². The van der Waals surface area contributed by atoms with E-state index >= 15 is 0 Å². The third-order valence-electron chi connectivity index (χ3n) is 4.00. The number of hydrogen-bond donors (Lipinski definition) is 2. The number of ether oxygens (including phenoxy) is 1. The standard InChI is InChI=1S/C15H22N2O4/c1-3-17-8-7-10(21-4-2)9-13(17)12-6-5-11(15(19)20)14(18)16-12/h5-6,10,13H,3-4,7-9H2,1-2H3,(H,16,18)(H,19,20)/t10-,13-/m0/s1. The molecule has 0 amide bonds. The van der Waals surface area contributed by atoms with Crippen LogP contribution >= 0.6 is 0 Å². The molecule has 2 rings (SSSR count). The number of aromatic nitrogens is 1. The predicted molar refractivity (Wildman–Crippen MR) is 78.7 cm³/mol. The number of nitrogens with zero attached hydrogens (tertiary/aromatic N) is 1. The fraction of sp³-hybridized carbons (Fsp3) is 0.600. The van der Waals surface area contributed by atoms with Crippen LogP contribution in [0, 0.1) is 0 Å². The van der Waals surface area contributed by atoms with Crippen LogP contribution in [0.5, 0.6) is 0 Å². The van der Waals surface area contributed by atoms with Gasteiger partial charge in [0.2, 0.25) is 0 Å². The Morgan fingerprint density at radius 1 is 1.48 bits per heavy atom. The molecule has 0 bridgehead atoms. The first kappa shape index (κ1) is 15.7. The average Bonchev–Trinajstić information content (AvgIpc) is 2.47. The summed E-state index contributed by atoms with van der Waals surface area (Å²) in [5.41, 5.74) is -0.00944. The number of H-pyrrole nitrogens is 1. The highest BCUT2D eigenvalue weighted by Gasteiger charge is 2.29. The van der Waals surface area contributed by atoms with Crippen LogP contribution in [0.25, 0.3) is 0 Å². The number of aromatic amines is 1. The second-order valence-electron chi connectivity index (χ2n) is 5.21. The molecule has 0 aromatic carbocycles. The molecule has 0 saturated carbocycles. The molecule has 6 heteroatoms. The van der Waals surface area contributed by atoms with E-state index in [9.17, 15) is 9.59 Å². The van der Waals surface area contributed by atoms with Gasteiger partial charge in [0.1, 0.15) is 5.56 Å². The second kappa shape index (κ2) is 6.87. The fourth-order valence-electron chi connectivity index (χ4n) is 2.92. The molecule has 116 valence electrons. The van der Waals surface area contributed by atoms with Crippen LogP contribution in [0.4, 0.5) is 0 Å². The number of hydrogen-bond acceptors (Lipinski definition) is 4. The van der Waals surface area contributed by atoms with Crippen molar-refractivity contribution in [3.63, 3.8) is 0 Å². The van der Waals surface area contributed by atoms with E-state index in [1.807, 2.05) is 6.92 Å². The number of carboxylic acids is 1. The molecule has 2 heterocycles. The van der Waals surface area contributed by atoms with Crippen LogP contribution in [-0.2, 0) is 4.74 Å². The average molecular weight is 294 g/mol. The normalized spacial score (nSPS) is 23.1. The lowest BCUT2D eigenvalue weighted by Crippen LogP contribution is -2.40. The summed E-state index contributed by atoms with van der Waals surface area (Å²) < 4.78 is 5.71. The molecule has 6 nitrogen and oxygen atoms in total. The largest absolute Gasteiger partial charge is 0.477 e. The first-order valence-electron chi connectivity index (χ1n) is 7.39. The molecule has 0 radical (unpaired) electrons. The molecule has 21 heavy (non-hydrogen) atoms. The Kier molecular flexibility index (Phi) is 5.14. The Labute approximate surface area is 123 Å². The highest BCUT2D eigenvalue weighted by atomic mass is 16.5. The number of aromatic carboxylic acids is 1. The molecule has 1 aliphatic rings. The summed E-state index contributed by atoms with van der Waals surface area (Å²) in [7, 11) is 0. The van der Waals surface area contributed by atoms with E-state index in [0.29, 0.717) is 6.61 Å². The molecule has 2 N–H and O–H groups in total. The molecule has 1 aromatic rings. The minimum absolute atomic E-state index is 0.0656. The minimum atomic E-state index is -1.20. The number of likely N-dealkylation sites (tertiary alicyclic amines) is 1. The van der Waals surface area contributed by atoms with Crippen LogP contribution in [0.3, 0.4) is 0 Å². The van der Waals surface area contributed by atoms with Gasteiger partial charge in [-0.05, 0) is 38.4 Å². The van der Waals surface area contributed by atoms with Gasteiger partial charge < -0.3 is 14.8 Å². The molecule has 0 unspecified atom stereocenters. The summed E-state index contributed by atoms with van der Waals surface area (Å²) in [5, 5.41) is 8.93. The van der Waals surface area contributed by atoms with Crippen molar-refractivity contribution in [2.45, 2.75) is 38.8 Å². The van der Waals surface area contributed by atoms with Crippen LogP contribution in [0.15, 0.2) is 16.9 Å². The second-order valence-corrected chi connectivity index (χ2v) is 5.21. The smallest absolute Gasteiger partial charge is 0.341 e. The van der Waals surface area contributed by atoms with Gasteiger partial charge in [-0.1, -0.05) is 6.92 Å². The minimum Gasteiger partial charge on any atom is -0.477 e. The van der Waals surface area contributed by atoms with Gasteiger partial charge in [0, 0.05) is 18.8 Å². The number of rotatable bonds is 5. The molecular formula is C15H22N2O4. The summed E-state index contributed by atoms with van der Waals surface area (Å²) in [6.07, 6.45) is 1.98. The molecule has 1 aliphatic heterocycles. The van der Waals surface area contributed by atoms with E-state index in [-0.39, 0.29) is 17.7 Å². The SMILES string of the molecule is CCO[C@H]1CCN(CC)[C@H](c2ccc(C(=O)O)c(=O)[nH]2)C1. The Hall–Kier alpha value is -1.66. The third kappa shape index (κ3) is 3.51. The topological polar surface area (TPSA) is 82.6 Å². The van der Waals surface area contributed by atoms with Crippen molar-refractivity contribution >= 4 is 5.97 Å². The van der Waals surface area contributed by atoms with Crippen molar-refractivity contribution < 1.29 is 14.6 Å². The van der Waals surface area contributed by atoms with Crippen LogP contribution < -0.4 is 5.56 Å². The Morgan fingerprint density at radius 3 is 2.81 bits per heavy atom. The van der Waals surface area contributed by atoms with Crippen molar-refractivity contribution in [2.75, 3.05) is 19.7 Å². The molecular weight excluding hydrogens is 272 g/mol. The number of carboxylic acid groups (broad SMARTS) is 1. The Morgan fingerprint density at radius 2 is 2.24 bits per heavy atom. The quantitative estimate of drug-likeness (QED) is 0.862. The molecule has 1 aromatic heterocycles. The van der Waals surface area contributed by atoms with E-state index in [1.165, 1.54) is 6.07 Å². The van der Waals surface area contributed by atoms with Gasteiger partial charge in [-0.3, -0.25) is 9.69 Å². The predicted octanol–water partition coefficient (Wildman–Crippen LogP) is 1.64. The van der Waals surface area contributed by atoms with Gasteiger partial charge in [-0.25, -0.2) is 4.79 Å². The van der Waals surface area contributed by atoms with Crippen molar-refractivity contribution in [1.82, 2.24) is 9.88 Å². The monoisotopic (exact) mass is 294 g/mol. The number of piperidine rings is 1. The van der Waals surface area contributed by atoms with Gasteiger partial charge in [0.15, 0.2) is 0 Å². The van der Waals surface area contributed by atoms with Crippen LogP contribution in [-0.4, -0.2) is 46.8 Å². The lowest BCUT2D eigenvalue weighted by molar-refractivity contribution is -0.0105. The Bertz CT molecular complexity index is 555. The maximum atomic E-state index is 11.8. The van der Waals surface area contributed by atoms with Gasteiger partial charge in [-0.15, -0.1) is 0 Å². The molecule has 1 saturated heterocycles. The van der Waals surface area contributed by atoms with Gasteiger partial charge in [-0.2, -0.15) is 0 Å². The maximum Gasteiger partial charge on any atom is 0.341 e. The number of pyridine rings is 1. The molecule has 1 fully saturated rings. The lowest BCUT2D eigenvalue weighted by Gasteiger charge is -2.38. The summed E-state index contributed by atoms with van der Waals surface area (Å²) in [5.74, 6) is -1.20. The van der Waals surface area contributed by atoms with Crippen molar-refractivity contribution in [3.8, 4) is 0 Å². The van der Waals surface area contributed by atoms with Crippen molar-refractivity contribution in [1.29, 1.82) is 0 Å². The maximum absolute atomic E-state index is 11.8. The lowest BCUT2D eigenvalue weighted by atomic mass is 9.96. The van der Waals surface area contributed by atoms with E-state index in [1.54, 1.807) is 6.07 Å². The van der Waals surface area contributed by atoms with Crippen LogP contribution in [0.1, 0.15) is 48.8 Å². The fourth-order valence-corrected chi connectivity index (χ4v) is 2.92. The zero-order chi connectivity index (χ0) is 15.4. The van der Waals surface area contributed by atoms with E-state index < -0.39 is 11.5 Å². The first-order chi connectivity index (χ1) is 10.1. The molecule has 0 spiro atoms. The van der Waals surface area contributed by atoms with Gasteiger partial charge in [0.25, 0.3) is 5.56 Å². The van der Waals surface area contributed by atoms with Crippen molar-refractivity contribution in [3.05, 3.63) is 33.7 Å². The summed E-state index contributed by atoms with van der Waals surface area (Å²) in [6.45, 7) is 6.53. The first-order valence-corrected chi connectivity index (χ1v) is 7.39. The van der Waals surface area contributed by atoms with E-state index in [0.717, 1.165) is 31.6 Å². The van der Waals surface area contributed by atoms with E-state index in [4.69, 9.17) is 9.84 Å². The molecule has 0 aliphatic carbocycles. The summed E-state index contributed by atoms with van der Waals surface area (Å²) in [6, 6.07) is 3.15.